The number of aromatic nitrogens is 2. The van der Waals surface area contributed by atoms with Gasteiger partial charge in [0.1, 0.15) is 10.8 Å². The summed E-state index contributed by atoms with van der Waals surface area (Å²) in [5, 5.41) is 4.67. The number of amides is 2. The monoisotopic (exact) mass is 374 g/mol. The Balaban J connectivity index is 1.71. The Labute approximate surface area is 156 Å². The van der Waals surface area contributed by atoms with Crippen molar-refractivity contribution >= 4 is 23.6 Å². The normalized spacial score (nSPS) is 14.6. The zero-order valence-corrected chi connectivity index (χ0v) is 16.0. The number of hydrogen-bond acceptors (Lipinski definition) is 6. The zero-order valence-electron chi connectivity index (χ0n) is 15.2. The molecule has 1 aliphatic rings. The first-order chi connectivity index (χ1) is 12.5. The molecule has 0 saturated carbocycles. The van der Waals surface area contributed by atoms with Crippen LogP contribution in [0.1, 0.15) is 34.3 Å². The number of pyridine rings is 1. The van der Waals surface area contributed by atoms with Crippen LogP contribution >= 0.6 is 11.8 Å². The molecule has 0 bridgehead atoms. The van der Waals surface area contributed by atoms with Gasteiger partial charge < -0.3 is 14.3 Å². The third-order valence-electron chi connectivity index (χ3n) is 4.55. The zero-order chi connectivity index (χ0) is 18.7. The lowest BCUT2D eigenvalue weighted by Gasteiger charge is -2.34. The standard InChI is InChI=1S/C18H22N4O3S/c1-12-16(13(2)25-20-12)11-26-17-15(5-4-6-19-17)18(24)22-9-7-21(8-10-22)14(3)23/h4-6H,7-11H2,1-3H3. The van der Waals surface area contributed by atoms with Crippen LogP contribution in [0.3, 0.4) is 0 Å². The van der Waals surface area contributed by atoms with Gasteiger partial charge in [-0.05, 0) is 26.0 Å². The van der Waals surface area contributed by atoms with Crippen molar-refractivity contribution in [2.75, 3.05) is 26.2 Å². The van der Waals surface area contributed by atoms with Crippen LogP contribution in [0, 0.1) is 13.8 Å². The highest BCUT2D eigenvalue weighted by molar-refractivity contribution is 7.98. The fraction of sp³-hybridized carbons (Fsp3) is 0.444. The first-order valence-corrected chi connectivity index (χ1v) is 9.50. The van der Waals surface area contributed by atoms with E-state index in [0.29, 0.717) is 42.5 Å². The maximum Gasteiger partial charge on any atom is 0.256 e. The summed E-state index contributed by atoms with van der Waals surface area (Å²) in [6, 6.07) is 3.58. The number of hydrogen-bond donors (Lipinski definition) is 0. The Morgan fingerprint density at radius 1 is 1.19 bits per heavy atom. The van der Waals surface area contributed by atoms with E-state index in [0.717, 1.165) is 17.0 Å². The smallest absolute Gasteiger partial charge is 0.256 e. The number of carbonyl (C=O) groups is 2. The van der Waals surface area contributed by atoms with Gasteiger partial charge >= 0.3 is 0 Å². The molecule has 1 saturated heterocycles. The van der Waals surface area contributed by atoms with Crippen LogP contribution in [0.2, 0.25) is 0 Å². The van der Waals surface area contributed by atoms with Crippen molar-refractivity contribution < 1.29 is 14.1 Å². The van der Waals surface area contributed by atoms with Gasteiger partial charge in [-0.25, -0.2) is 4.98 Å². The predicted molar refractivity (Wildman–Crippen MR) is 97.9 cm³/mol. The largest absolute Gasteiger partial charge is 0.361 e. The molecular weight excluding hydrogens is 352 g/mol. The first-order valence-electron chi connectivity index (χ1n) is 8.51. The minimum Gasteiger partial charge on any atom is -0.361 e. The number of rotatable bonds is 4. The molecule has 0 N–H and O–H groups in total. The van der Waals surface area contributed by atoms with Gasteiger partial charge in [-0.2, -0.15) is 0 Å². The highest BCUT2D eigenvalue weighted by Gasteiger charge is 2.25. The van der Waals surface area contributed by atoms with Crippen LogP contribution in [0.15, 0.2) is 27.9 Å². The van der Waals surface area contributed by atoms with Crippen molar-refractivity contribution in [2.45, 2.75) is 31.6 Å². The summed E-state index contributed by atoms with van der Waals surface area (Å²) in [5.41, 5.74) is 2.49. The highest BCUT2D eigenvalue weighted by atomic mass is 32.2. The second-order valence-corrected chi connectivity index (χ2v) is 7.21. The minimum absolute atomic E-state index is 0.0393. The molecule has 3 rings (SSSR count). The summed E-state index contributed by atoms with van der Waals surface area (Å²) in [6.45, 7) is 7.58. The average Bonchev–Trinajstić information content (AvgIpc) is 2.97. The third-order valence-corrected chi connectivity index (χ3v) is 5.58. The van der Waals surface area contributed by atoms with Crippen molar-refractivity contribution in [3.8, 4) is 0 Å². The summed E-state index contributed by atoms with van der Waals surface area (Å²) in [4.78, 5) is 32.3. The Hall–Kier alpha value is -2.35. The van der Waals surface area contributed by atoms with Crippen LogP contribution in [0.4, 0.5) is 0 Å². The lowest BCUT2D eigenvalue weighted by Crippen LogP contribution is -2.50. The average molecular weight is 374 g/mol. The van der Waals surface area contributed by atoms with E-state index in [9.17, 15) is 9.59 Å². The Bertz CT molecular complexity index is 793. The van der Waals surface area contributed by atoms with E-state index in [4.69, 9.17) is 4.52 Å². The van der Waals surface area contributed by atoms with Crippen LogP contribution < -0.4 is 0 Å². The van der Waals surface area contributed by atoms with Gasteiger partial charge in [-0.1, -0.05) is 5.16 Å². The van der Waals surface area contributed by atoms with Crippen LogP contribution in [-0.4, -0.2) is 57.9 Å². The van der Waals surface area contributed by atoms with Gasteiger partial charge in [0.25, 0.3) is 5.91 Å². The molecule has 1 aliphatic heterocycles. The molecule has 3 heterocycles. The van der Waals surface area contributed by atoms with E-state index < -0.39 is 0 Å². The van der Waals surface area contributed by atoms with Gasteiger partial charge in [0.05, 0.1) is 11.3 Å². The predicted octanol–water partition coefficient (Wildman–Crippen LogP) is 2.28. The Morgan fingerprint density at radius 2 is 1.88 bits per heavy atom. The van der Waals surface area contributed by atoms with E-state index in [1.165, 1.54) is 11.8 Å². The summed E-state index contributed by atoms with van der Waals surface area (Å²) in [5.74, 6) is 1.45. The molecule has 138 valence electrons. The van der Waals surface area contributed by atoms with Gasteiger partial charge in [-0.3, -0.25) is 9.59 Å². The van der Waals surface area contributed by atoms with Crippen molar-refractivity contribution in [1.29, 1.82) is 0 Å². The lowest BCUT2D eigenvalue weighted by atomic mass is 10.2. The van der Waals surface area contributed by atoms with Crippen LogP contribution in [-0.2, 0) is 10.5 Å². The first kappa shape index (κ1) is 18.4. The molecule has 2 amide bonds. The summed E-state index contributed by atoms with van der Waals surface area (Å²) < 4.78 is 5.19. The molecule has 0 unspecified atom stereocenters. The molecule has 0 radical (unpaired) electrons. The van der Waals surface area contributed by atoms with Crippen molar-refractivity contribution in [3.63, 3.8) is 0 Å². The molecule has 7 nitrogen and oxygen atoms in total. The van der Waals surface area contributed by atoms with E-state index in [1.807, 2.05) is 19.9 Å². The van der Waals surface area contributed by atoms with Crippen molar-refractivity contribution in [1.82, 2.24) is 19.9 Å². The van der Waals surface area contributed by atoms with E-state index in [2.05, 4.69) is 10.1 Å². The minimum atomic E-state index is -0.0393. The van der Waals surface area contributed by atoms with Gasteiger partial charge in [-0.15, -0.1) is 11.8 Å². The van der Waals surface area contributed by atoms with Crippen molar-refractivity contribution in [2.24, 2.45) is 0 Å². The maximum atomic E-state index is 12.9. The van der Waals surface area contributed by atoms with Crippen LogP contribution in [0.25, 0.3) is 0 Å². The highest BCUT2D eigenvalue weighted by Crippen LogP contribution is 2.28. The molecule has 26 heavy (non-hydrogen) atoms. The molecule has 2 aromatic rings. The molecule has 0 aromatic carbocycles. The fourth-order valence-electron chi connectivity index (χ4n) is 2.91. The molecule has 0 spiro atoms. The van der Waals surface area contributed by atoms with Crippen LogP contribution in [0.5, 0.6) is 0 Å². The molecule has 1 fully saturated rings. The van der Waals surface area contributed by atoms with E-state index in [-0.39, 0.29) is 11.8 Å². The summed E-state index contributed by atoms with van der Waals surface area (Å²) in [7, 11) is 0. The maximum absolute atomic E-state index is 12.9. The molecule has 2 aromatic heterocycles. The number of thioether (sulfide) groups is 1. The third kappa shape index (κ3) is 3.90. The SMILES string of the molecule is CC(=O)N1CCN(C(=O)c2cccnc2SCc2c(C)noc2C)CC1. The van der Waals surface area contributed by atoms with E-state index in [1.54, 1.807) is 29.0 Å². The number of aryl methyl sites for hydroxylation is 2. The number of carbonyl (C=O) groups excluding carboxylic acids is 2. The Morgan fingerprint density at radius 3 is 2.50 bits per heavy atom. The molecule has 8 heteroatoms. The lowest BCUT2D eigenvalue weighted by molar-refractivity contribution is -0.130. The van der Waals surface area contributed by atoms with Gasteiger partial charge in [0.15, 0.2) is 0 Å². The summed E-state index contributed by atoms with van der Waals surface area (Å²) >= 11 is 1.51. The number of nitrogens with zero attached hydrogens (tertiary/aromatic N) is 4. The van der Waals surface area contributed by atoms with Crippen molar-refractivity contribution in [3.05, 3.63) is 40.9 Å². The van der Waals surface area contributed by atoms with Gasteiger partial charge in [0, 0.05) is 50.6 Å². The Kier molecular flexibility index (Phi) is 5.61. The topological polar surface area (TPSA) is 79.5 Å². The van der Waals surface area contributed by atoms with E-state index >= 15 is 0 Å². The number of piperazine rings is 1. The quantitative estimate of drug-likeness (QED) is 0.764. The second kappa shape index (κ2) is 7.90. The van der Waals surface area contributed by atoms with Gasteiger partial charge in [0.2, 0.25) is 5.91 Å². The molecule has 0 atom stereocenters. The fourth-order valence-corrected chi connectivity index (χ4v) is 4.05. The second-order valence-electron chi connectivity index (χ2n) is 6.25. The molecular formula is C18H22N4O3S. The molecule has 0 aliphatic carbocycles. The summed E-state index contributed by atoms with van der Waals surface area (Å²) in [6.07, 6.45) is 1.69.